The van der Waals surface area contributed by atoms with Gasteiger partial charge in [-0.15, -0.1) is 0 Å². The van der Waals surface area contributed by atoms with Crippen molar-refractivity contribution in [2.75, 3.05) is 13.2 Å². The molecule has 0 unspecified atom stereocenters. The van der Waals surface area contributed by atoms with Crippen LogP contribution in [0.4, 0.5) is 4.39 Å². The molecule has 1 aromatic heterocycles. The van der Waals surface area contributed by atoms with Crippen molar-refractivity contribution in [1.82, 2.24) is 4.98 Å². The van der Waals surface area contributed by atoms with Crippen molar-refractivity contribution in [2.45, 2.75) is 51.6 Å². The van der Waals surface area contributed by atoms with Crippen LogP contribution in [0.1, 0.15) is 26.3 Å². The first-order chi connectivity index (χ1) is 11.7. The Morgan fingerprint density at radius 2 is 1.96 bits per heavy atom. The highest BCUT2D eigenvalue weighted by Gasteiger charge is 2.40. The van der Waals surface area contributed by atoms with Crippen LogP contribution in [0.2, 0.25) is 18.1 Å². The average Bonchev–Trinajstić information content (AvgIpc) is 3.03. The number of ether oxygens (including phenoxy) is 2. The molecule has 1 saturated heterocycles. The zero-order valence-electron chi connectivity index (χ0n) is 15.6. The molecule has 0 atom stereocenters. The Balaban J connectivity index is 2.04. The fraction of sp³-hybridized carbons (Fsp3) is 0.526. The molecule has 1 fully saturated rings. The van der Waals surface area contributed by atoms with E-state index in [1.54, 1.807) is 6.20 Å². The topological polar surface area (TPSA) is 40.6 Å². The zero-order valence-corrected chi connectivity index (χ0v) is 16.6. The minimum Gasteiger partial charge on any atom is -0.540 e. The summed E-state index contributed by atoms with van der Waals surface area (Å²) in [5.41, 5.74) is 1.40. The molecule has 0 spiro atoms. The molecule has 0 bridgehead atoms. The number of aromatic nitrogens is 1. The third-order valence-corrected chi connectivity index (χ3v) is 9.45. The molecule has 0 saturated carbocycles. The van der Waals surface area contributed by atoms with E-state index in [1.807, 2.05) is 12.1 Å². The van der Waals surface area contributed by atoms with Crippen molar-refractivity contribution in [3.05, 3.63) is 35.8 Å². The molecule has 0 radical (unpaired) electrons. The summed E-state index contributed by atoms with van der Waals surface area (Å²) in [5, 5.41) is 0.863. The molecular formula is C19H26FNO3Si. The Labute approximate surface area is 149 Å². The van der Waals surface area contributed by atoms with Gasteiger partial charge in [-0.1, -0.05) is 26.8 Å². The number of benzene rings is 1. The van der Waals surface area contributed by atoms with Gasteiger partial charge in [0.15, 0.2) is 17.9 Å². The summed E-state index contributed by atoms with van der Waals surface area (Å²) < 4.78 is 32.2. The van der Waals surface area contributed by atoms with E-state index in [0.29, 0.717) is 25.2 Å². The Hall–Kier alpha value is -1.50. The molecule has 0 amide bonds. The molecule has 1 aromatic carbocycles. The Morgan fingerprint density at radius 3 is 2.60 bits per heavy atom. The van der Waals surface area contributed by atoms with E-state index in [2.05, 4.69) is 38.8 Å². The van der Waals surface area contributed by atoms with Crippen LogP contribution in [0.15, 0.2) is 24.4 Å². The van der Waals surface area contributed by atoms with Gasteiger partial charge < -0.3 is 13.9 Å². The van der Waals surface area contributed by atoms with Crippen LogP contribution < -0.4 is 4.43 Å². The Bertz CT molecular complexity index is 767. The van der Waals surface area contributed by atoms with Gasteiger partial charge in [0.05, 0.1) is 13.2 Å². The molecule has 6 heteroatoms. The molecule has 0 aliphatic carbocycles. The predicted molar refractivity (Wildman–Crippen MR) is 98.9 cm³/mol. The first kappa shape index (κ1) is 18.3. The summed E-state index contributed by atoms with van der Waals surface area (Å²) in [5.74, 6) is -0.108. The van der Waals surface area contributed by atoms with Crippen LogP contribution in [0.5, 0.6) is 5.75 Å². The number of nitrogens with zero attached hydrogens (tertiary/aromatic N) is 1. The third kappa shape index (κ3) is 3.71. The Kier molecular flexibility index (Phi) is 4.88. The second-order valence-electron chi connectivity index (χ2n) is 7.98. The van der Waals surface area contributed by atoms with Gasteiger partial charge in [0.25, 0.3) is 8.32 Å². The normalized spacial score (nSPS) is 16.6. The summed E-state index contributed by atoms with van der Waals surface area (Å²) in [6, 6.07) is 5.35. The zero-order chi connectivity index (χ0) is 18.2. The summed E-state index contributed by atoms with van der Waals surface area (Å²) >= 11 is 0. The van der Waals surface area contributed by atoms with Crippen LogP contribution in [-0.4, -0.2) is 32.8 Å². The molecule has 2 aromatic rings. The first-order valence-electron chi connectivity index (χ1n) is 8.67. The van der Waals surface area contributed by atoms with Gasteiger partial charge >= 0.3 is 0 Å². The lowest BCUT2D eigenvalue weighted by molar-refractivity contribution is -0.0398. The van der Waals surface area contributed by atoms with Crippen molar-refractivity contribution in [3.8, 4) is 5.75 Å². The number of pyridine rings is 1. The lowest BCUT2D eigenvalue weighted by Gasteiger charge is -2.36. The second-order valence-corrected chi connectivity index (χ2v) is 12.7. The lowest BCUT2D eigenvalue weighted by atomic mass is 10.0. The van der Waals surface area contributed by atoms with Crippen molar-refractivity contribution in [3.63, 3.8) is 0 Å². The fourth-order valence-corrected chi connectivity index (χ4v) is 3.64. The van der Waals surface area contributed by atoms with Crippen LogP contribution >= 0.6 is 0 Å². The number of fused-ring (bicyclic) bond motifs is 1. The summed E-state index contributed by atoms with van der Waals surface area (Å²) in [6.07, 6.45) is 1.85. The molecule has 136 valence electrons. The van der Waals surface area contributed by atoms with Crippen molar-refractivity contribution in [2.24, 2.45) is 0 Å². The van der Waals surface area contributed by atoms with Gasteiger partial charge in [-0.25, -0.2) is 4.39 Å². The number of hydrogen-bond donors (Lipinski definition) is 0. The number of rotatable bonds is 4. The summed E-state index contributed by atoms with van der Waals surface area (Å²) in [4.78, 5) is 4.42. The maximum absolute atomic E-state index is 14.9. The van der Waals surface area contributed by atoms with E-state index in [-0.39, 0.29) is 22.9 Å². The monoisotopic (exact) mass is 363 g/mol. The van der Waals surface area contributed by atoms with Gasteiger partial charge in [-0.2, -0.15) is 0 Å². The summed E-state index contributed by atoms with van der Waals surface area (Å²) in [7, 11) is -2.18. The van der Waals surface area contributed by atoms with Gasteiger partial charge in [-0.05, 0) is 35.8 Å². The van der Waals surface area contributed by atoms with Crippen LogP contribution in [-0.2, 0) is 15.9 Å². The van der Waals surface area contributed by atoms with Gasteiger partial charge in [0, 0.05) is 18.0 Å². The Morgan fingerprint density at radius 1 is 1.28 bits per heavy atom. The molecule has 1 aliphatic heterocycles. The van der Waals surface area contributed by atoms with E-state index < -0.39 is 8.32 Å². The van der Waals surface area contributed by atoms with Crippen LogP contribution in [0.3, 0.4) is 0 Å². The average molecular weight is 364 g/mol. The molecule has 0 N–H and O–H groups in total. The molecule has 2 heterocycles. The SMILES string of the molecule is CC(C)(C)[Si](C)(C)Oc1c(F)cc(CC2OCCO2)c2cccnc12. The van der Waals surface area contributed by atoms with E-state index in [1.165, 1.54) is 6.07 Å². The number of hydrogen-bond acceptors (Lipinski definition) is 4. The lowest BCUT2D eigenvalue weighted by Crippen LogP contribution is -2.44. The van der Waals surface area contributed by atoms with Crippen molar-refractivity contribution >= 4 is 19.2 Å². The molecule has 25 heavy (non-hydrogen) atoms. The quantitative estimate of drug-likeness (QED) is 0.740. The van der Waals surface area contributed by atoms with Crippen molar-refractivity contribution < 1.29 is 18.3 Å². The second kappa shape index (κ2) is 6.66. The molecular weight excluding hydrogens is 337 g/mol. The highest BCUT2D eigenvalue weighted by molar-refractivity contribution is 6.74. The fourth-order valence-electron chi connectivity index (χ4n) is 2.63. The first-order valence-corrected chi connectivity index (χ1v) is 11.6. The molecule has 1 aliphatic rings. The predicted octanol–water partition coefficient (Wildman–Crippen LogP) is 4.67. The van der Waals surface area contributed by atoms with Crippen molar-refractivity contribution in [1.29, 1.82) is 0 Å². The van der Waals surface area contributed by atoms with Crippen LogP contribution in [0.25, 0.3) is 10.9 Å². The molecule has 4 nitrogen and oxygen atoms in total. The maximum atomic E-state index is 14.9. The summed E-state index contributed by atoms with van der Waals surface area (Å²) in [6.45, 7) is 11.8. The minimum atomic E-state index is -2.18. The van der Waals surface area contributed by atoms with E-state index in [0.717, 1.165) is 10.9 Å². The third-order valence-electron chi connectivity index (χ3n) is 5.13. The van der Waals surface area contributed by atoms with E-state index in [4.69, 9.17) is 13.9 Å². The smallest absolute Gasteiger partial charge is 0.250 e. The highest BCUT2D eigenvalue weighted by atomic mass is 28.4. The van der Waals surface area contributed by atoms with Gasteiger partial charge in [0.2, 0.25) is 0 Å². The van der Waals surface area contributed by atoms with E-state index in [9.17, 15) is 4.39 Å². The largest absolute Gasteiger partial charge is 0.540 e. The highest BCUT2D eigenvalue weighted by Crippen LogP contribution is 2.40. The maximum Gasteiger partial charge on any atom is 0.250 e. The van der Waals surface area contributed by atoms with Gasteiger partial charge in [-0.3, -0.25) is 4.98 Å². The standard InChI is InChI=1S/C19H26FNO3Si/c1-19(2,3)25(4,5)24-18-15(20)11-13(12-16-22-9-10-23-16)14-7-6-8-21-17(14)18/h6-8,11,16H,9-10,12H2,1-5H3. The van der Waals surface area contributed by atoms with E-state index >= 15 is 0 Å². The number of halogens is 1. The minimum absolute atomic E-state index is 0.0231. The van der Waals surface area contributed by atoms with Crippen LogP contribution in [0, 0.1) is 5.82 Å². The van der Waals surface area contributed by atoms with Gasteiger partial charge in [0.1, 0.15) is 5.52 Å². The molecule has 3 rings (SSSR count).